The quantitative estimate of drug-likeness (QED) is 0.583. The maximum atomic E-state index is 14.3. The van der Waals surface area contributed by atoms with Crippen LogP contribution in [0.25, 0.3) is 0 Å². The molecule has 8 heteroatoms. The number of esters is 1. The number of ether oxygens (including phenoxy) is 1. The molecular formula is C20H21FN2O4S. The van der Waals surface area contributed by atoms with Crippen LogP contribution in [0.5, 0.6) is 0 Å². The van der Waals surface area contributed by atoms with E-state index in [2.05, 4.69) is 10.6 Å². The van der Waals surface area contributed by atoms with E-state index in [1.807, 2.05) is 13.8 Å². The predicted octanol–water partition coefficient (Wildman–Crippen LogP) is 3.93. The van der Waals surface area contributed by atoms with Gasteiger partial charge in [0.15, 0.2) is 0 Å². The van der Waals surface area contributed by atoms with Crippen molar-refractivity contribution in [3.63, 3.8) is 0 Å². The van der Waals surface area contributed by atoms with Gasteiger partial charge < -0.3 is 15.4 Å². The molecule has 28 heavy (non-hydrogen) atoms. The fraction of sp³-hybridized carbons (Fsp3) is 0.350. The molecule has 6 nitrogen and oxygen atoms in total. The Morgan fingerprint density at radius 1 is 1.43 bits per heavy atom. The van der Waals surface area contributed by atoms with Gasteiger partial charge in [-0.15, -0.1) is 11.3 Å². The Labute approximate surface area is 166 Å². The minimum absolute atomic E-state index is 0.104. The van der Waals surface area contributed by atoms with Crippen LogP contribution in [0.3, 0.4) is 0 Å². The van der Waals surface area contributed by atoms with Crippen molar-refractivity contribution in [3.8, 4) is 0 Å². The summed E-state index contributed by atoms with van der Waals surface area (Å²) in [6, 6.07) is 3.99. The van der Waals surface area contributed by atoms with E-state index in [1.165, 1.54) is 12.1 Å². The number of rotatable bonds is 5. The van der Waals surface area contributed by atoms with Crippen molar-refractivity contribution < 1.29 is 23.5 Å². The third-order valence-corrected chi connectivity index (χ3v) is 5.60. The van der Waals surface area contributed by atoms with Gasteiger partial charge in [-0.2, -0.15) is 0 Å². The predicted molar refractivity (Wildman–Crippen MR) is 105 cm³/mol. The van der Waals surface area contributed by atoms with Crippen LogP contribution >= 0.6 is 11.3 Å². The second-order valence-electron chi connectivity index (χ2n) is 7.34. The number of hydrogen-bond acceptors (Lipinski definition) is 6. The highest BCUT2D eigenvalue weighted by Gasteiger charge is 2.35. The van der Waals surface area contributed by atoms with Gasteiger partial charge >= 0.3 is 5.97 Å². The summed E-state index contributed by atoms with van der Waals surface area (Å²) in [5.74, 6) is -1.45. The van der Waals surface area contributed by atoms with Crippen molar-refractivity contribution in [2.75, 3.05) is 18.5 Å². The fourth-order valence-corrected chi connectivity index (χ4v) is 4.23. The number of aldehydes is 1. The van der Waals surface area contributed by atoms with Crippen LogP contribution in [0, 0.1) is 11.2 Å². The molecule has 0 fully saturated rings. The number of amides is 1. The second-order valence-corrected chi connectivity index (χ2v) is 8.36. The zero-order valence-corrected chi connectivity index (χ0v) is 16.7. The summed E-state index contributed by atoms with van der Waals surface area (Å²) in [4.78, 5) is 36.5. The van der Waals surface area contributed by atoms with E-state index in [-0.39, 0.29) is 34.7 Å². The number of carbonyl (C=O) groups excluding carboxylic acids is 3. The highest BCUT2D eigenvalue weighted by Crippen LogP contribution is 2.41. The molecule has 2 aromatic rings. The van der Waals surface area contributed by atoms with E-state index >= 15 is 0 Å². The first-order valence-corrected chi connectivity index (χ1v) is 9.70. The van der Waals surface area contributed by atoms with Crippen molar-refractivity contribution >= 4 is 40.2 Å². The summed E-state index contributed by atoms with van der Waals surface area (Å²) in [5, 5.41) is 6.12. The lowest BCUT2D eigenvalue weighted by Gasteiger charge is -2.22. The Kier molecular flexibility index (Phi) is 5.51. The van der Waals surface area contributed by atoms with Crippen LogP contribution in [-0.2, 0) is 11.2 Å². The Morgan fingerprint density at radius 2 is 2.18 bits per heavy atom. The van der Waals surface area contributed by atoms with Crippen molar-refractivity contribution in [2.24, 2.45) is 5.41 Å². The zero-order valence-electron chi connectivity index (χ0n) is 15.8. The topological polar surface area (TPSA) is 84.5 Å². The van der Waals surface area contributed by atoms with Crippen molar-refractivity contribution in [3.05, 3.63) is 45.6 Å². The number of fused-ring (bicyclic) bond motifs is 1. The number of nitrogens with one attached hydrogen (secondary N) is 2. The highest BCUT2D eigenvalue weighted by molar-refractivity contribution is 7.18. The van der Waals surface area contributed by atoms with Crippen LogP contribution in [0.1, 0.15) is 56.7 Å². The maximum absolute atomic E-state index is 14.3. The van der Waals surface area contributed by atoms with Crippen LogP contribution in [-0.4, -0.2) is 31.3 Å². The zero-order chi connectivity index (χ0) is 20.5. The lowest BCUT2D eigenvalue weighted by Crippen LogP contribution is -2.31. The molecular weight excluding hydrogens is 383 g/mol. The van der Waals surface area contributed by atoms with Gasteiger partial charge in [-0.1, -0.05) is 13.8 Å². The molecule has 0 bridgehead atoms. The lowest BCUT2D eigenvalue weighted by atomic mass is 9.85. The van der Waals surface area contributed by atoms with E-state index in [4.69, 9.17) is 4.74 Å². The van der Waals surface area contributed by atoms with Gasteiger partial charge in [0.25, 0.3) is 5.91 Å². The second kappa shape index (κ2) is 7.71. The SMILES string of the molecule is CCOC(=O)c1c(Nc2ccc(C=O)cc2F)sc2c1CC(C)(C)CNC2=O. The molecule has 1 aliphatic rings. The van der Waals surface area contributed by atoms with E-state index in [0.29, 0.717) is 34.7 Å². The summed E-state index contributed by atoms with van der Waals surface area (Å²) >= 11 is 1.09. The van der Waals surface area contributed by atoms with Crippen molar-refractivity contribution in [2.45, 2.75) is 27.2 Å². The normalized spacial score (nSPS) is 15.2. The van der Waals surface area contributed by atoms with Crippen molar-refractivity contribution in [1.29, 1.82) is 0 Å². The number of anilines is 2. The van der Waals surface area contributed by atoms with Crippen LogP contribution in [0.2, 0.25) is 0 Å². The average Bonchev–Trinajstić information content (AvgIpc) is 2.93. The molecule has 3 rings (SSSR count). The van der Waals surface area contributed by atoms with Crippen LogP contribution < -0.4 is 10.6 Å². The first-order chi connectivity index (χ1) is 13.3. The number of thiophene rings is 1. The molecule has 0 saturated carbocycles. The molecule has 1 aromatic heterocycles. The van der Waals surface area contributed by atoms with Gasteiger partial charge in [0.1, 0.15) is 17.1 Å². The minimum Gasteiger partial charge on any atom is -0.462 e. The number of carbonyl (C=O) groups is 3. The smallest absolute Gasteiger partial charge is 0.341 e. The molecule has 0 aliphatic carbocycles. The molecule has 2 N–H and O–H groups in total. The van der Waals surface area contributed by atoms with E-state index < -0.39 is 11.8 Å². The summed E-state index contributed by atoms with van der Waals surface area (Å²) in [5.41, 5.74) is 0.919. The Bertz CT molecular complexity index is 952. The summed E-state index contributed by atoms with van der Waals surface area (Å²) in [7, 11) is 0. The Hall–Kier alpha value is -2.74. The molecule has 148 valence electrons. The molecule has 0 atom stereocenters. The van der Waals surface area contributed by atoms with E-state index in [1.54, 1.807) is 6.92 Å². The first kappa shape index (κ1) is 20.0. The van der Waals surface area contributed by atoms with Gasteiger partial charge in [-0.05, 0) is 42.5 Å². The maximum Gasteiger partial charge on any atom is 0.341 e. The molecule has 0 saturated heterocycles. The monoisotopic (exact) mass is 404 g/mol. The van der Waals surface area contributed by atoms with Gasteiger partial charge in [0.05, 0.1) is 22.7 Å². The highest BCUT2D eigenvalue weighted by atomic mass is 32.1. The minimum atomic E-state index is -0.632. The van der Waals surface area contributed by atoms with Crippen LogP contribution in [0.4, 0.5) is 15.1 Å². The number of halogens is 1. The van der Waals surface area contributed by atoms with E-state index in [0.717, 1.165) is 17.4 Å². The molecule has 1 aliphatic heterocycles. The first-order valence-electron chi connectivity index (χ1n) is 8.88. The standard InChI is InChI=1S/C20H21FN2O4S/c1-4-27-19(26)15-12-8-20(2,3)10-22-17(25)16(12)28-18(15)23-14-6-5-11(9-24)7-13(14)21/h5-7,9,23H,4,8,10H2,1-3H3,(H,22,25). The molecule has 0 spiro atoms. The summed E-state index contributed by atoms with van der Waals surface area (Å²) in [6.07, 6.45) is 1.05. The van der Waals surface area contributed by atoms with E-state index in [9.17, 15) is 18.8 Å². The molecule has 0 unspecified atom stereocenters. The number of hydrogen-bond donors (Lipinski definition) is 2. The van der Waals surface area contributed by atoms with Gasteiger partial charge in [-0.25, -0.2) is 9.18 Å². The van der Waals surface area contributed by atoms with Crippen LogP contribution in [0.15, 0.2) is 18.2 Å². The number of benzene rings is 1. The molecule has 1 aromatic carbocycles. The van der Waals surface area contributed by atoms with Crippen molar-refractivity contribution in [1.82, 2.24) is 5.32 Å². The largest absolute Gasteiger partial charge is 0.462 e. The summed E-state index contributed by atoms with van der Waals surface area (Å²) < 4.78 is 19.5. The lowest BCUT2D eigenvalue weighted by molar-refractivity contribution is 0.0526. The van der Waals surface area contributed by atoms with Gasteiger partial charge in [0, 0.05) is 12.1 Å². The van der Waals surface area contributed by atoms with Gasteiger partial charge in [0.2, 0.25) is 0 Å². The third-order valence-electron chi connectivity index (χ3n) is 4.45. The van der Waals surface area contributed by atoms with Gasteiger partial charge in [-0.3, -0.25) is 9.59 Å². The Balaban J connectivity index is 2.11. The fourth-order valence-electron chi connectivity index (χ4n) is 3.09. The molecule has 0 radical (unpaired) electrons. The Morgan fingerprint density at radius 3 is 2.82 bits per heavy atom. The third kappa shape index (κ3) is 3.91. The molecule has 2 heterocycles. The average molecular weight is 404 g/mol. The molecule has 1 amide bonds. The summed E-state index contributed by atoms with van der Waals surface area (Å²) in [6.45, 7) is 6.37.